The van der Waals surface area contributed by atoms with Crippen LogP contribution in [0.5, 0.6) is 0 Å². The highest BCUT2D eigenvalue weighted by Gasteiger charge is 2.31. The van der Waals surface area contributed by atoms with Gasteiger partial charge in [0.25, 0.3) is 0 Å². The Hall–Kier alpha value is -1.76. The molecule has 0 saturated carbocycles. The quantitative estimate of drug-likeness (QED) is 0.797. The first-order valence-electron chi connectivity index (χ1n) is 5.74. The number of nitrogens with zero attached hydrogens (tertiary/aromatic N) is 3. The molecule has 3 nitrogen and oxygen atoms in total. The fourth-order valence-corrected chi connectivity index (χ4v) is 2.13. The van der Waals surface area contributed by atoms with Crippen LogP contribution in [-0.2, 0) is 6.18 Å². The summed E-state index contributed by atoms with van der Waals surface area (Å²) in [5.74, 6) is 0.268. The van der Waals surface area contributed by atoms with Crippen LogP contribution in [-0.4, -0.2) is 21.0 Å². The first kappa shape index (κ1) is 14.6. The highest BCUT2D eigenvalue weighted by Crippen LogP contribution is 2.34. The van der Waals surface area contributed by atoms with Crippen molar-refractivity contribution in [2.75, 3.05) is 6.26 Å². The smallest absolute Gasteiger partial charge is 0.228 e. The molecule has 0 aliphatic carbocycles. The number of hydrogen-bond acceptors (Lipinski definition) is 3. The SMILES string of the molecule is C/C=C\n1cnc(-c2cc(SC)cc(C(F)(F)F)c2)n1. The number of hydrogen-bond donors (Lipinski definition) is 0. The summed E-state index contributed by atoms with van der Waals surface area (Å²) < 4.78 is 40.0. The molecule has 0 N–H and O–H groups in total. The second kappa shape index (κ2) is 5.70. The standard InChI is InChI=1S/C13H12F3N3S/c1-3-4-19-8-17-12(18-19)9-5-10(13(14,15)16)7-11(6-9)20-2/h3-8H,1-2H3/b4-3-. The van der Waals surface area contributed by atoms with Gasteiger partial charge in [-0.3, -0.25) is 0 Å². The third-order valence-electron chi connectivity index (χ3n) is 2.54. The van der Waals surface area contributed by atoms with Crippen LogP contribution >= 0.6 is 11.8 Å². The van der Waals surface area contributed by atoms with Gasteiger partial charge >= 0.3 is 6.18 Å². The van der Waals surface area contributed by atoms with Gasteiger partial charge < -0.3 is 0 Å². The molecule has 1 aromatic heterocycles. The van der Waals surface area contributed by atoms with Crippen molar-refractivity contribution in [3.05, 3.63) is 36.2 Å². The van der Waals surface area contributed by atoms with Crippen molar-refractivity contribution in [3.8, 4) is 11.4 Å². The van der Waals surface area contributed by atoms with Crippen LogP contribution in [0.25, 0.3) is 17.6 Å². The predicted octanol–water partition coefficient (Wildman–Crippen LogP) is 4.18. The Morgan fingerprint density at radius 1 is 1.25 bits per heavy atom. The summed E-state index contributed by atoms with van der Waals surface area (Å²) in [7, 11) is 0. The summed E-state index contributed by atoms with van der Waals surface area (Å²) in [6.07, 6.45) is 2.23. The van der Waals surface area contributed by atoms with Crippen molar-refractivity contribution in [3.63, 3.8) is 0 Å². The highest BCUT2D eigenvalue weighted by atomic mass is 32.2. The number of thioether (sulfide) groups is 1. The third kappa shape index (κ3) is 3.22. The lowest BCUT2D eigenvalue weighted by Gasteiger charge is -2.09. The second-order valence-electron chi connectivity index (χ2n) is 3.98. The molecule has 0 bridgehead atoms. The Morgan fingerprint density at radius 3 is 2.60 bits per heavy atom. The lowest BCUT2D eigenvalue weighted by Crippen LogP contribution is -2.05. The molecule has 0 spiro atoms. The van der Waals surface area contributed by atoms with E-state index >= 15 is 0 Å². The molecule has 20 heavy (non-hydrogen) atoms. The molecule has 0 fully saturated rings. The largest absolute Gasteiger partial charge is 0.416 e. The van der Waals surface area contributed by atoms with Gasteiger partial charge in [0.2, 0.25) is 0 Å². The fourth-order valence-electron chi connectivity index (χ4n) is 1.64. The second-order valence-corrected chi connectivity index (χ2v) is 4.86. The zero-order valence-corrected chi connectivity index (χ0v) is 11.7. The Kier molecular flexibility index (Phi) is 4.17. The van der Waals surface area contributed by atoms with Crippen LogP contribution in [0.2, 0.25) is 0 Å². The summed E-state index contributed by atoms with van der Waals surface area (Å²) in [6, 6.07) is 3.83. The Labute approximate surface area is 118 Å². The number of aromatic nitrogens is 3. The molecule has 1 aromatic carbocycles. The summed E-state index contributed by atoms with van der Waals surface area (Å²) in [6.45, 7) is 1.82. The molecule has 0 unspecified atom stereocenters. The molecule has 106 valence electrons. The van der Waals surface area contributed by atoms with Gasteiger partial charge in [0, 0.05) is 16.7 Å². The van der Waals surface area contributed by atoms with E-state index in [-0.39, 0.29) is 5.82 Å². The maximum Gasteiger partial charge on any atom is 0.416 e. The van der Waals surface area contributed by atoms with Gasteiger partial charge in [-0.2, -0.15) is 13.2 Å². The maximum atomic E-state index is 12.9. The van der Waals surface area contributed by atoms with Crippen LogP contribution in [0.4, 0.5) is 13.2 Å². The Morgan fingerprint density at radius 2 is 2.00 bits per heavy atom. The monoisotopic (exact) mass is 299 g/mol. The van der Waals surface area contributed by atoms with E-state index in [1.165, 1.54) is 22.8 Å². The van der Waals surface area contributed by atoms with E-state index in [1.54, 1.807) is 24.6 Å². The van der Waals surface area contributed by atoms with Crippen molar-refractivity contribution in [1.29, 1.82) is 0 Å². The zero-order valence-electron chi connectivity index (χ0n) is 10.8. The summed E-state index contributed by atoms with van der Waals surface area (Å²) in [4.78, 5) is 4.55. The lowest BCUT2D eigenvalue weighted by molar-refractivity contribution is -0.137. The van der Waals surface area contributed by atoms with Crippen LogP contribution in [0.1, 0.15) is 12.5 Å². The average Bonchev–Trinajstić information content (AvgIpc) is 2.86. The van der Waals surface area contributed by atoms with Crippen LogP contribution < -0.4 is 0 Å². The lowest BCUT2D eigenvalue weighted by atomic mass is 10.1. The molecule has 2 aromatic rings. The molecule has 0 saturated heterocycles. The van der Waals surface area contributed by atoms with E-state index < -0.39 is 11.7 Å². The summed E-state index contributed by atoms with van der Waals surface area (Å²) in [5.41, 5.74) is -0.339. The van der Waals surface area contributed by atoms with Gasteiger partial charge in [0.15, 0.2) is 5.82 Å². The van der Waals surface area contributed by atoms with E-state index in [1.807, 2.05) is 6.92 Å². The van der Waals surface area contributed by atoms with Gasteiger partial charge in [0.1, 0.15) is 6.33 Å². The van der Waals surface area contributed by atoms with Crippen molar-refractivity contribution < 1.29 is 13.2 Å². The summed E-state index contributed by atoms with van der Waals surface area (Å²) >= 11 is 1.25. The molecule has 7 heteroatoms. The minimum atomic E-state index is -4.38. The predicted molar refractivity (Wildman–Crippen MR) is 73.2 cm³/mol. The minimum Gasteiger partial charge on any atom is -0.228 e. The molecule has 0 aliphatic heterocycles. The van der Waals surface area contributed by atoms with Gasteiger partial charge in [-0.15, -0.1) is 16.9 Å². The van der Waals surface area contributed by atoms with Crippen molar-refractivity contribution in [2.45, 2.75) is 18.0 Å². The fraction of sp³-hybridized carbons (Fsp3) is 0.231. The molecular formula is C13H12F3N3S. The van der Waals surface area contributed by atoms with Gasteiger partial charge in [-0.25, -0.2) is 9.67 Å². The van der Waals surface area contributed by atoms with Crippen molar-refractivity contribution >= 4 is 18.0 Å². The number of rotatable bonds is 3. The number of halogens is 3. The minimum absolute atomic E-state index is 0.268. The van der Waals surface area contributed by atoms with E-state index in [0.29, 0.717) is 10.5 Å². The van der Waals surface area contributed by atoms with Gasteiger partial charge in [-0.05, 0) is 31.4 Å². The average molecular weight is 299 g/mol. The maximum absolute atomic E-state index is 12.9. The van der Waals surface area contributed by atoms with Gasteiger partial charge in [0.05, 0.1) is 5.56 Å². The number of allylic oxidation sites excluding steroid dienone is 1. The van der Waals surface area contributed by atoms with E-state index in [9.17, 15) is 13.2 Å². The highest BCUT2D eigenvalue weighted by molar-refractivity contribution is 7.98. The first-order valence-corrected chi connectivity index (χ1v) is 6.97. The molecule has 2 rings (SSSR count). The molecule has 1 heterocycles. The molecule has 0 radical (unpaired) electrons. The Balaban J connectivity index is 2.49. The van der Waals surface area contributed by atoms with Crippen LogP contribution in [0, 0.1) is 0 Å². The van der Waals surface area contributed by atoms with Crippen molar-refractivity contribution in [2.24, 2.45) is 0 Å². The first-order chi connectivity index (χ1) is 9.44. The van der Waals surface area contributed by atoms with E-state index in [0.717, 1.165) is 12.1 Å². The van der Waals surface area contributed by atoms with Crippen LogP contribution in [0.15, 0.2) is 35.5 Å². The van der Waals surface area contributed by atoms with E-state index in [4.69, 9.17) is 0 Å². The number of alkyl halides is 3. The molecule has 0 aliphatic rings. The van der Waals surface area contributed by atoms with E-state index in [2.05, 4.69) is 10.1 Å². The molecular weight excluding hydrogens is 287 g/mol. The van der Waals surface area contributed by atoms with Gasteiger partial charge in [-0.1, -0.05) is 6.08 Å². The molecule has 0 atom stereocenters. The summed E-state index contributed by atoms with van der Waals surface area (Å²) in [5, 5.41) is 4.11. The zero-order chi connectivity index (χ0) is 14.8. The normalized spacial score (nSPS) is 12.2. The van der Waals surface area contributed by atoms with Crippen LogP contribution in [0.3, 0.4) is 0 Å². The Bertz CT molecular complexity index is 632. The topological polar surface area (TPSA) is 30.7 Å². The van der Waals surface area contributed by atoms with Crippen molar-refractivity contribution in [1.82, 2.24) is 14.8 Å². The molecule has 0 amide bonds. The third-order valence-corrected chi connectivity index (χ3v) is 3.25. The number of benzene rings is 1.